The number of ether oxygens (including phenoxy) is 2. The summed E-state index contributed by atoms with van der Waals surface area (Å²) in [7, 11) is 3.83. The summed E-state index contributed by atoms with van der Waals surface area (Å²) < 4.78 is 11.7. The number of likely N-dealkylation sites (tertiary alicyclic amines) is 1. The van der Waals surface area contributed by atoms with E-state index in [1.807, 2.05) is 36.4 Å². The van der Waals surface area contributed by atoms with Crippen molar-refractivity contribution in [2.75, 3.05) is 33.8 Å². The van der Waals surface area contributed by atoms with Crippen molar-refractivity contribution in [2.45, 2.75) is 57.6 Å². The maximum atomic E-state index is 14.3. The maximum Gasteiger partial charge on any atom is 0.302 e. The van der Waals surface area contributed by atoms with E-state index in [2.05, 4.69) is 61.0 Å². The number of fused-ring (bicyclic) bond motifs is 2. The molecule has 3 aromatic carbocycles. The molecule has 4 atom stereocenters. The predicted octanol–water partition coefficient (Wildman–Crippen LogP) is 5.93. The normalized spacial score (nSPS) is 24.9. The second-order valence-electron chi connectivity index (χ2n) is 12.2. The summed E-state index contributed by atoms with van der Waals surface area (Å²) in [6.45, 7) is 8.23. The lowest BCUT2D eigenvalue weighted by molar-refractivity contribution is -0.158. The third-order valence-corrected chi connectivity index (χ3v) is 8.93. The van der Waals surface area contributed by atoms with Gasteiger partial charge in [0.2, 0.25) is 0 Å². The Hall–Kier alpha value is -3.38. The first-order valence-electron chi connectivity index (χ1n) is 14.5. The number of methoxy groups -OCH3 is 1. The summed E-state index contributed by atoms with van der Waals surface area (Å²) in [4.78, 5) is 31.1. The lowest BCUT2D eigenvalue weighted by Gasteiger charge is -2.56. The molecular formula is C34H42N2O4. The Bertz CT molecular complexity index is 1370. The summed E-state index contributed by atoms with van der Waals surface area (Å²) in [5.41, 5.74) is 1.65. The van der Waals surface area contributed by atoms with E-state index in [1.54, 1.807) is 7.11 Å². The number of hydrogen-bond donors (Lipinski definition) is 0. The van der Waals surface area contributed by atoms with Crippen molar-refractivity contribution in [3.8, 4) is 5.75 Å². The zero-order valence-electron chi connectivity index (χ0n) is 24.4. The molecule has 6 nitrogen and oxygen atoms in total. The second kappa shape index (κ2) is 11.6. The highest BCUT2D eigenvalue weighted by molar-refractivity contribution is 5.98. The van der Waals surface area contributed by atoms with Crippen LogP contribution in [0.2, 0.25) is 0 Å². The first kappa shape index (κ1) is 28.2. The van der Waals surface area contributed by atoms with Crippen LogP contribution in [0.1, 0.15) is 56.0 Å². The van der Waals surface area contributed by atoms with Gasteiger partial charge in [-0.3, -0.25) is 9.59 Å². The van der Waals surface area contributed by atoms with Crippen molar-refractivity contribution in [1.82, 2.24) is 9.80 Å². The summed E-state index contributed by atoms with van der Waals surface area (Å²) in [5, 5.41) is 2.18. The first-order chi connectivity index (χ1) is 19.2. The van der Waals surface area contributed by atoms with Crippen LogP contribution in [-0.4, -0.2) is 67.6 Å². The summed E-state index contributed by atoms with van der Waals surface area (Å²) in [5.74, 6) is 1.00. The Morgan fingerprint density at radius 2 is 1.82 bits per heavy atom. The van der Waals surface area contributed by atoms with Crippen LogP contribution in [0.15, 0.2) is 66.7 Å². The molecule has 2 fully saturated rings. The van der Waals surface area contributed by atoms with Gasteiger partial charge < -0.3 is 19.3 Å². The number of carbonyl (C=O) groups is 2. The summed E-state index contributed by atoms with van der Waals surface area (Å²) in [6.07, 6.45) is 2.09. The molecule has 1 aliphatic heterocycles. The van der Waals surface area contributed by atoms with E-state index in [0.29, 0.717) is 24.4 Å². The smallest absolute Gasteiger partial charge is 0.302 e. The van der Waals surface area contributed by atoms with Crippen LogP contribution in [0.25, 0.3) is 10.8 Å². The summed E-state index contributed by atoms with van der Waals surface area (Å²) >= 11 is 0. The number of benzene rings is 3. The van der Waals surface area contributed by atoms with Gasteiger partial charge in [-0.2, -0.15) is 0 Å². The third kappa shape index (κ3) is 5.60. The molecular weight excluding hydrogens is 500 g/mol. The van der Waals surface area contributed by atoms with Gasteiger partial charge in [0.25, 0.3) is 5.91 Å². The number of carbonyl (C=O) groups excluding carboxylic acids is 2. The van der Waals surface area contributed by atoms with Crippen molar-refractivity contribution in [3.05, 3.63) is 77.9 Å². The molecule has 0 spiro atoms. The Morgan fingerprint density at radius 1 is 1.05 bits per heavy atom. The van der Waals surface area contributed by atoms with Gasteiger partial charge in [-0.1, -0.05) is 56.3 Å². The van der Waals surface area contributed by atoms with Gasteiger partial charge in [0.05, 0.1) is 7.11 Å². The molecule has 2 aliphatic rings. The van der Waals surface area contributed by atoms with Crippen LogP contribution < -0.4 is 4.74 Å². The number of hydrogen-bond acceptors (Lipinski definition) is 5. The minimum atomic E-state index is -0.288. The predicted molar refractivity (Wildman–Crippen MR) is 159 cm³/mol. The van der Waals surface area contributed by atoms with Gasteiger partial charge in [0, 0.05) is 49.4 Å². The van der Waals surface area contributed by atoms with Crippen molar-refractivity contribution in [2.24, 2.45) is 11.8 Å². The number of esters is 1. The van der Waals surface area contributed by atoms with Gasteiger partial charge in [0.15, 0.2) is 0 Å². The molecule has 0 bridgehead atoms. The van der Waals surface area contributed by atoms with E-state index in [9.17, 15) is 9.59 Å². The van der Waals surface area contributed by atoms with Crippen LogP contribution in [0, 0.1) is 11.8 Å². The molecule has 40 heavy (non-hydrogen) atoms. The number of amides is 1. The highest BCUT2D eigenvalue weighted by atomic mass is 16.5. The minimum Gasteiger partial charge on any atom is -0.497 e. The van der Waals surface area contributed by atoms with Gasteiger partial charge in [-0.25, -0.2) is 0 Å². The van der Waals surface area contributed by atoms with E-state index in [0.717, 1.165) is 42.5 Å². The highest BCUT2D eigenvalue weighted by Gasteiger charge is 2.54. The quantitative estimate of drug-likeness (QED) is 0.347. The second-order valence-corrected chi connectivity index (χ2v) is 12.2. The Kier molecular flexibility index (Phi) is 8.18. The zero-order valence-corrected chi connectivity index (χ0v) is 24.4. The van der Waals surface area contributed by atoms with Crippen LogP contribution >= 0.6 is 0 Å². The average Bonchev–Trinajstić information content (AvgIpc) is 2.95. The van der Waals surface area contributed by atoms with Gasteiger partial charge >= 0.3 is 5.97 Å². The fourth-order valence-corrected chi connectivity index (χ4v) is 7.11. The molecule has 0 radical (unpaired) electrons. The Balaban J connectivity index is 1.59. The van der Waals surface area contributed by atoms with Crippen molar-refractivity contribution in [3.63, 3.8) is 0 Å². The van der Waals surface area contributed by atoms with Crippen LogP contribution in [-0.2, 0) is 14.9 Å². The maximum absolute atomic E-state index is 14.3. The molecule has 1 amide bonds. The van der Waals surface area contributed by atoms with Crippen molar-refractivity contribution < 1.29 is 19.1 Å². The molecule has 6 heteroatoms. The molecule has 0 N–H and O–H groups in total. The van der Waals surface area contributed by atoms with E-state index in [-0.39, 0.29) is 35.4 Å². The number of nitrogens with zero attached hydrogens (tertiary/aromatic N) is 2. The monoisotopic (exact) mass is 542 g/mol. The average molecular weight is 543 g/mol. The molecule has 0 aromatic heterocycles. The largest absolute Gasteiger partial charge is 0.497 e. The van der Waals surface area contributed by atoms with Crippen LogP contribution in [0.4, 0.5) is 0 Å². The van der Waals surface area contributed by atoms with Crippen molar-refractivity contribution >= 4 is 22.6 Å². The van der Waals surface area contributed by atoms with Crippen LogP contribution in [0.5, 0.6) is 5.75 Å². The topological polar surface area (TPSA) is 59.1 Å². The van der Waals surface area contributed by atoms with Crippen molar-refractivity contribution in [1.29, 1.82) is 0 Å². The first-order valence-corrected chi connectivity index (χ1v) is 14.5. The molecule has 212 valence electrons. The number of piperidine rings is 1. The lowest BCUT2D eigenvalue weighted by atomic mass is 9.56. The molecule has 4 unspecified atom stereocenters. The van der Waals surface area contributed by atoms with Gasteiger partial charge in [-0.15, -0.1) is 0 Å². The SMILES string of the molecule is COc1cccc(C23CCN(C)CC2C(OC(C)=O)CC(N(CC(C)C)C(=O)c2ccc4ccccc4c2)C3)c1. The van der Waals surface area contributed by atoms with E-state index >= 15 is 0 Å². The highest BCUT2D eigenvalue weighted by Crippen LogP contribution is 2.51. The van der Waals surface area contributed by atoms with E-state index in [4.69, 9.17) is 9.47 Å². The molecule has 1 heterocycles. The fourth-order valence-electron chi connectivity index (χ4n) is 7.11. The van der Waals surface area contributed by atoms with Crippen LogP contribution in [0.3, 0.4) is 0 Å². The molecule has 1 saturated carbocycles. The number of rotatable bonds is 7. The summed E-state index contributed by atoms with van der Waals surface area (Å²) in [6, 6.07) is 22.4. The zero-order chi connectivity index (χ0) is 28.4. The fraction of sp³-hybridized carbons (Fsp3) is 0.471. The standard InChI is InChI=1S/C34H42N2O4/c1-23(2)21-36(33(38)27-14-13-25-9-6-7-10-26(25)17-27)29-19-32(40-24(3)37)31-22-35(4)16-15-34(31,20-29)28-11-8-12-30(18-28)39-5/h6-14,17-18,23,29,31-32H,15-16,19-22H2,1-5H3. The molecule has 3 aromatic rings. The lowest BCUT2D eigenvalue weighted by Crippen LogP contribution is -2.62. The Morgan fingerprint density at radius 3 is 2.55 bits per heavy atom. The third-order valence-electron chi connectivity index (χ3n) is 8.93. The van der Waals surface area contributed by atoms with Gasteiger partial charge in [-0.05, 0) is 73.0 Å². The molecule has 1 aliphatic carbocycles. The van der Waals surface area contributed by atoms with E-state index in [1.165, 1.54) is 12.5 Å². The minimum absolute atomic E-state index is 0.0400. The van der Waals surface area contributed by atoms with E-state index < -0.39 is 0 Å². The molecule has 1 saturated heterocycles. The molecule has 5 rings (SSSR count). The van der Waals surface area contributed by atoms with Gasteiger partial charge in [0.1, 0.15) is 11.9 Å². The Labute approximate surface area is 238 Å².